The van der Waals surface area contributed by atoms with E-state index in [0.29, 0.717) is 53.1 Å². The van der Waals surface area contributed by atoms with Crippen LogP contribution in [0.3, 0.4) is 0 Å². The summed E-state index contributed by atoms with van der Waals surface area (Å²) < 4.78 is 11.0. The number of esters is 1. The molecular formula is C24H26N2O6. The lowest BCUT2D eigenvalue weighted by atomic mass is 9.92. The minimum Gasteiger partial charge on any atom is -0.496 e. The quantitative estimate of drug-likeness (QED) is 0.446. The highest BCUT2D eigenvalue weighted by atomic mass is 16.5. The fraction of sp³-hybridized carbons (Fsp3) is 0.292. The largest absolute Gasteiger partial charge is 0.496 e. The SMILES string of the molecule is COc1c(C)c2c(c(N(C(N)=O)c3ccccc3)c1CC/C=C/CCC(=O)O)C(=O)OC2. The van der Waals surface area contributed by atoms with E-state index in [4.69, 9.17) is 20.3 Å². The van der Waals surface area contributed by atoms with Crippen molar-refractivity contribution in [1.29, 1.82) is 0 Å². The maximum Gasteiger partial charge on any atom is 0.341 e. The summed E-state index contributed by atoms with van der Waals surface area (Å²) in [7, 11) is 1.54. The van der Waals surface area contributed by atoms with E-state index in [1.165, 1.54) is 4.90 Å². The highest BCUT2D eigenvalue weighted by molar-refractivity contribution is 6.09. The van der Waals surface area contributed by atoms with Gasteiger partial charge in [0.1, 0.15) is 12.4 Å². The summed E-state index contributed by atoms with van der Waals surface area (Å²) in [5, 5.41) is 8.78. The number of nitrogens with zero attached hydrogens (tertiary/aromatic N) is 1. The molecule has 0 bridgehead atoms. The Morgan fingerprint density at radius 3 is 2.53 bits per heavy atom. The normalized spacial score (nSPS) is 12.5. The van der Waals surface area contributed by atoms with E-state index in [2.05, 4.69) is 0 Å². The van der Waals surface area contributed by atoms with Crippen molar-refractivity contribution in [1.82, 2.24) is 0 Å². The van der Waals surface area contributed by atoms with Crippen LogP contribution >= 0.6 is 0 Å². The van der Waals surface area contributed by atoms with Crippen LogP contribution in [0.1, 0.15) is 46.3 Å². The molecule has 0 spiro atoms. The Balaban J connectivity index is 2.13. The molecule has 3 N–H and O–H groups in total. The van der Waals surface area contributed by atoms with Gasteiger partial charge in [0.2, 0.25) is 0 Å². The number of hydrogen-bond acceptors (Lipinski definition) is 5. The Morgan fingerprint density at radius 2 is 1.91 bits per heavy atom. The van der Waals surface area contributed by atoms with Crippen molar-refractivity contribution >= 4 is 29.3 Å². The number of fused-ring (bicyclic) bond motifs is 1. The van der Waals surface area contributed by atoms with Crippen LogP contribution in [0.25, 0.3) is 0 Å². The van der Waals surface area contributed by atoms with Crippen LogP contribution < -0.4 is 15.4 Å². The van der Waals surface area contributed by atoms with Crippen molar-refractivity contribution in [2.45, 2.75) is 39.2 Å². The molecule has 1 heterocycles. The molecule has 8 nitrogen and oxygen atoms in total. The molecular weight excluding hydrogens is 412 g/mol. The molecule has 2 aromatic carbocycles. The van der Waals surface area contributed by atoms with Crippen LogP contribution in [-0.2, 0) is 22.6 Å². The number of nitrogens with two attached hydrogens (primary N) is 1. The number of methoxy groups -OCH3 is 1. The zero-order valence-electron chi connectivity index (χ0n) is 18.1. The first-order chi connectivity index (χ1) is 15.4. The maximum atomic E-state index is 12.7. The summed E-state index contributed by atoms with van der Waals surface area (Å²) in [6, 6.07) is 8.11. The van der Waals surface area contributed by atoms with E-state index in [9.17, 15) is 14.4 Å². The number of primary amides is 1. The van der Waals surface area contributed by atoms with Gasteiger partial charge in [0.15, 0.2) is 0 Å². The standard InChI is InChI=1S/C24H26N2O6/c1-15-18-14-32-23(29)20(18)21(26(24(25)30)16-10-6-5-7-11-16)17(22(15)31-2)12-8-3-4-9-13-19(27)28/h3-7,10-11H,8-9,12-14H2,1-2H3,(H2,25,30)(H,27,28)/b4-3+. The minimum atomic E-state index is -0.855. The number of ether oxygens (including phenoxy) is 2. The van der Waals surface area contributed by atoms with Crippen LogP contribution in [0, 0.1) is 6.92 Å². The Hall–Kier alpha value is -3.81. The molecule has 0 aromatic heterocycles. The van der Waals surface area contributed by atoms with Crippen molar-refractivity contribution in [3.8, 4) is 5.75 Å². The Labute approximate surface area is 186 Å². The second-order valence-electron chi connectivity index (χ2n) is 7.37. The van der Waals surface area contributed by atoms with Gasteiger partial charge >= 0.3 is 18.0 Å². The molecule has 0 unspecified atom stereocenters. The topological polar surface area (TPSA) is 119 Å². The first-order valence-corrected chi connectivity index (χ1v) is 10.3. The molecule has 168 valence electrons. The van der Waals surface area contributed by atoms with E-state index in [1.807, 2.05) is 19.1 Å². The van der Waals surface area contributed by atoms with Crippen LogP contribution in [0.4, 0.5) is 16.2 Å². The number of allylic oxidation sites excluding steroid dienone is 2. The minimum absolute atomic E-state index is 0.0539. The molecule has 0 radical (unpaired) electrons. The van der Waals surface area contributed by atoms with Crippen molar-refractivity contribution in [2.24, 2.45) is 5.73 Å². The molecule has 0 atom stereocenters. The monoisotopic (exact) mass is 438 g/mol. The number of benzene rings is 2. The molecule has 3 rings (SSSR count). The molecule has 0 aliphatic carbocycles. The van der Waals surface area contributed by atoms with Crippen molar-refractivity contribution in [3.05, 3.63) is 64.7 Å². The van der Waals surface area contributed by atoms with Gasteiger partial charge in [0, 0.05) is 17.5 Å². The first-order valence-electron chi connectivity index (χ1n) is 10.3. The molecule has 1 aliphatic rings. The van der Waals surface area contributed by atoms with Gasteiger partial charge in [0.05, 0.1) is 24.0 Å². The van der Waals surface area contributed by atoms with E-state index < -0.39 is 18.0 Å². The summed E-state index contributed by atoms with van der Waals surface area (Å²) in [6.45, 7) is 1.95. The van der Waals surface area contributed by atoms with Gasteiger partial charge < -0.3 is 20.3 Å². The van der Waals surface area contributed by atoms with Gasteiger partial charge in [-0.15, -0.1) is 0 Å². The number of cyclic esters (lactones) is 1. The zero-order valence-corrected chi connectivity index (χ0v) is 18.1. The highest BCUT2D eigenvalue weighted by Crippen LogP contribution is 2.45. The third-order valence-electron chi connectivity index (χ3n) is 5.36. The zero-order chi connectivity index (χ0) is 23.3. The highest BCUT2D eigenvalue weighted by Gasteiger charge is 2.36. The van der Waals surface area contributed by atoms with Gasteiger partial charge in [-0.25, -0.2) is 9.59 Å². The third kappa shape index (κ3) is 4.59. The maximum absolute atomic E-state index is 12.7. The fourth-order valence-electron chi connectivity index (χ4n) is 3.93. The summed E-state index contributed by atoms with van der Waals surface area (Å²) in [6.07, 6.45) is 5.16. The van der Waals surface area contributed by atoms with E-state index in [-0.39, 0.29) is 13.0 Å². The summed E-state index contributed by atoms with van der Waals surface area (Å²) in [5.41, 5.74) is 9.09. The number of hydrogen-bond donors (Lipinski definition) is 2. The average Bonchev–Trinajstić information content (AvgIpc) is 3.15. The van der Waals surface area contributed by atoms with Gasteiger partial charge in [-0.05, 0) is 43.9 Å². The van der Waals surface area contributed by atoms with E-state index >= 15 is 0 Å². The number of aliphatic carboxylic acids is 1. The van der Waals surface area contributed by atoms with Crippen LogP contribution in [0.2, 0.25) is 0 Å². The lowest BCUT2D eigenvalue weighted by Gasteiger charge is -2.27. The number of anilines is 2. The molecule has 0 saturated heterocycles. The number of rotatable bonds is 9. The predicted octanol–water partition coefficient (Wildman–Crippen LogP) is 4.24. The molecule has 0 fully saturated rings. The van der Waals surface area contributed by atoms with Crippen LogP contribution in [-0.4, -0.2) is 30.2 Å². The number of carbonyl (C=O) groups excluding carboxylic acids is 2. The average molecular weight is 438 g/mol. The summed E-state index contributed by atoms with van der Waals surface area (Å²) in [4.78, 5) is 37.3. The van der Waals surface area contributed by atoms with Crippen molar-refractivity contribution < 1.29 is 29.0 Å². The molecule has 8 heteroatoms. The van der Waals surface area contributed by atoms with Crippen LogP contribution in [0.15, 0.2) is 42.5 Å². The van der Waals surface area contributed by atoms with Gasteiger partial charge in [-0.1, -0.05) is 30.4 Å². The number of carbonyl (C=O) groups is 3. The third-order valence-corrected chi connectivity index (χ3v) is 5.36. The Morgan fingerprint density at radius 1 is 1.22 bits per heavy atom. The number of carboxylic acids is 1. The van der Waals surface area contributed by atoms with E-state index in [1.54, 1.807) is 37.5 Å². The Bertz CT molecular complexity index is 1060. The Kier molecular flexibility index (Phi) is 7.14. The number of carboxylic acid groups (broad SMARTS) is 1. The van der Waals surface area contributed by atoms with E-state index in [0.717, 1.165) is 5.56 Å². The number of para-hydroxylation sites is 1. The van der Waals surface area contributed by atoms with Gasteiger partial charge in [0.25, 0.3) is 0 Å². The number of amides is 2. The predicted molar refractivity (Wildman–Crippen MR) is 119 cm³/mol. The number of urea groups is 1. The molecule has 2 aromatic rings. The first kappa shape index (κ1) is 22.9. The molecule has 1 aliphatic heterocycles. The van der Waals surface area contributed by atoms with Crippen LogP contribution in [0.5, 0.6) is 5.75 Å². The smallest absolute Gasteiger partial charge is 0.341 e. The van der Waals surface area contributed by atoms with Crippen molar-refractivity contribution in [3.63, 3.8) is 0 Å². The molecule has 32 heavy (non-hydrogen) atoms. The molecule has 0 saturated carbocycles. The second kappa shape index (κ2) is 10.00. The lowest BCUT2D eigenvalue weighted by Crippen LogP contribution is -2.33. The van der Waals surface area contributed by atoms with Crippen molar-refractivity contribution in [2.75, 3.05) is 12.0 Å². The van der Waals surface area contributed by atoms with Gasteiger partial charge in [-0.3, -0.25) is 9.69 Å². The summed E-state index contributed by atoms with van der Waals surface area (Å²) >= 11 is 0. The van der Waals surface area contributed by atoms with Gasteiger partial charge in [-0.2, -0.15) is 0 Å². The fourth-order valence-corrected chi connectivity index (χ4v) is 3.93. The second-order valence-corrected chi connectivity index (χ2v) is 7.37. The molecule has 2 amide bonds. The summed E-state index contributed by atoms with van der Waals surface area (Å²) in [5.74, 6) is -0.800. The lowest BCUT2D eigenvalue weighted by molar-refractivity contribution is -0.136.